The molecule has 0 saturated carbocycles. The molecule has 3 heterocycles. The lowest BCUT2D eigenvalue weighted by Crippen LogP contribution is -2.29. The van der Waals surface area contributed by atoms with E-state index >= 15 is 0 Å². The summed E-state index contributed by atoms with van der Waals surface area (Å²) in [4.78, 5) is 35.3. The highest BCUT2D eigenvalue weighted by Gasteiger charge is 2.40. The van der Waals surface area contributed by atoms with Gasteiger partial charge in [-0.3, -0.25) is 15.0 Å². The first-order valence-corrected chi connectivity index (χ1v) is 9.59. The normalized spacial score (nSPS) is 16.4. The van der Waals surface area contributed by atoms with Gasteiger partial charge in [-0.25, -0.2) is 9.78 Å². The van der Waals surface area contributed by atoms with Gasteiger partial charge in [0, 0.05) is 11.3 Å². The number of rotatable bonds is 5. The molecule has 0 spiro atoms. The molecule has 1 saturated heterocycles. The number of carbonyl (C=O) groups is 2. The summed E-state index contributed by atoms with van der Waals surface area (Å²) in [5.41, 5.74) is 3.65. The smallest absolute Gasteiger partial charge is 0.329 e. The van der Waals surface area contributed by atoms with Crippen LogP contribution in [0.25, 0.3) is 22.4 Å². The highest BCUT2D eigenvalue weighted by molar-refractivity contribution is 6.14. The average molecular weight is 402 g/mol. The van der Waals surface area contributed by atoms with Crippen molar-refractivity contribution in [3.8, 4) is 11.4 Å². The second-order valence-electron chi connectivity index (χ2n) is 7.00. The second-order valence-corrected chi connectivity index (χ2v) is 7.00. The van der Waals surface area contributed by atoms with Crippen LogP contribution in [0.3, 0.4) is 0 Å². The number of carbonyl (C=O) groups excluding carboxylic acids is 2. The fraction of sp³-hybridized carbons (Fsp3) is 0.200. The fourth-order valence-corrected chi connectivity index (χ4v) is 3.58. The van der Waals surface area contributed by atoms with Gasteiger partial charge in [0.05, 0.1) is 23.9 Å². The Bertz CT molecular complexity index is 1240. The SMILES string of the molecule is CCCn1nnc(-c2ccc(C3C(=O)NC(=O)N3c3ccc4nc[nH]c4c3)cc2)n1. The summed E-state index contributed by atoms with van der Waals surface area (Å²) in [5.74, 6) is 0.146. The number of H-pyrrole nitrogens is 1. The standard InChI is InChI=1S/C20H18N8O2/c1-2-9-27-25-18(24-26-27)13-5-3-12(4-6-13)17-19(29)23-20(30)28(17)14-7-8-15-16(10-14)22-11-21-15/h3-8,10-11,17H,2,9H2,1H3,(H,21,22)(H,23,29,30). The Morgan fingerprint density at radius 3 is 2.73 bits per heavy atom. The number of nitrogens with zero attached hydrogens (tertiary/aromatic N) is 6. The van der Waals surface area contributed by atoms with Crippen LogP contribution in [0.1, 0.15) is 24.9 Å². The third kappa shape index (κ3) is 2.98. The maximum atomic E-state index is 12.6. The van der Waals surface area contributed by atoms with Crippen molar-refractivity contribution in [1.29, 1.82) is 0 Å². The second kappa shape index (κ2) is 7.07. The zero-order valence-electron chi connectivity index (χ0n) is 16.1. The molecule has 10 nitrogen and oxygen atoms in total. The molecule has 0 radical (unpaired) electrons. The third-order valence-corrected chi connectivity index (χ3v) is 5.00. The average Bonchev–Trinajstić information content (AvgIpc) is 3.46. The Morgan fingerprint density at radius 2 is 1.93 bits per heavy atom. The van der Waals surface area contributed by atoms with Gasteiger partial charge in [0.15, 0.2) is 0 Å². The lowest BCUT2D eigenvalue weighted by Gasteiger charge is -2.22. The number of hydrogen-bond donors (Lipinski definition) is 2. The molecule has 1 unspecified atom stereocenters. The van der Waals surface area contributed by atoms with E-state index in [1.54, 1.807) is 35.4 Å². The number of hydrogen-bond acceptors (Lipinski definition) is 6. The van der Waals surface area contributed by atoms with E-state index in [2.05, 4.69) is 30.7 Å². The van der Waals surface area contributed by atoms with Gasteiger partial charge in [0.1, 0.15) is 6.04 Å². The van der Waals surface area contributed by atoms with E-state index < -0.39 is 12.1 Å². The van der Waals surface area contributed by atoms with E-state index in [9.17, 15) is 9.59 Å². The quantitative estimate of drug-likeness (QED) is 0.495. The number of imide groups is 1. The van der Waals surface area contributed by atoms with E-state index in [4.69, 9.17) is 0 Å². The van der Waals surface area contributed by atoms with E-state index in [1.165, 1.54) is 4.90 Å². The van der Waals surface area contributed by atoms with Crippen LogP contribution < -0.4 is 10.2 Å². The molecular weight excluding hydrogens is 384 g/mol. The number of nitrogens with one attached hydrogen (secondary N) is 2. The number of anilines is 1. The molecule has 30 heavy (non-hydrogen) atoms. The van der Waals surface area contributed by atoms with Gasteiger partial charge in [-0.15, -0.1) is 10.2 Å². The largest absolute Gasteiger partial charge is 0.345 e. The van der Waals surface area contributed by atoms with E-state index in [0.717, 1.165) is 23.0 Å². The molecule has 1 aliphatic rings. The van der Waals surface area contributed by atoms with E-state index in [-0.39, 0.29) is 5.91 Å². The van der Waals surface area contributed by atoms with Crippen LogP contribution in [0.4, 0.5) is 10.5 Å². The van der Waals surface area contributed by atoms with Crippen LogP contribution in [0, 0.1) is 0 Å². The predicted molar refractivity (Wildman–Crippen MR) is 108 cm³/mol. The van der Waals surface area contributed by atoms with Crippen molar-refractivity contribution in [2.24, 2.45) is 0 Å². The van der Waals surface area contributed by atoms with Crippen molar-refractivity contribution in [3.05, 3.63) is 54.4 Å². The van der Waals surface area contributed by atoms with Crippen molar-refractivity contribution in [2.45, 2.75) is 25.9 Å². The monoisotopic (exact) mass is 402 g/mol. The van der Waals surface area contributed by atoms with Crippen LogP contribution in [-0.2, 0) is 11.3 Å². The van der Waals surface area contributed by atoms with Crippen molar-refractivity contribution >= 4 is 28.7 Å². The number of aromatic nitrogens is 6. The summed E-state index contributed by atoms with van der Waals surface area (Å²) in [6, 6.07) is 11.4. The molecule has 1 fully saturated rings. The summed E-state index contributed by atoms with van der Waals surface area (Å²) in [5, 5.41) is 14.9. The molecule has 0 aliphatic carbocycles. The lowest BCUT2D eigenvalue weighted by molar-refractivity contribution is -0.119. The van der Waals surface area contributed by atoms with Gasteiger partial charge in [-0.1, -0.05) is 31.2 Å². The van der Waals surface area contributed by atoms with Crippen molar-refractivity contribution in [3.63, 3.8) is 0 Å². The number of aryl methyl sites for hydroxylation is 1. The topological polar surface area (TPSA) is 122 Å². The number of amides is 3. The van der Waals surface area contributed by atoms with Gasteiger partial charge >= 0.3 is 6.03 Å². The maximum Gasteiger partial charge on any atom is 0.329 e. The summed E-state index contributed by atoms with van der Waals surface area (Å²) in [6.07, 6.45) is 2.50. The molecule has 1 atom stereocenters. The Kier molecular flexibility index (Phi) is 4.24. The summed E-state index contributed by atoms with van der Waals surface area (Å²) in [6.45, 7) is 2.74. The Hall–Kier alpha value is -4.08. The van der Waals surface area contributed by atoms with Crippen LogP contribution in [0.5, 0.6) is 0 Å². The van der Waals surface area contributed by atoms with Crippen LogP contribution in [-0.4, -0.2) is 42.1 Å². The first-order chi connectivity index (χ1) is 14.6. The Labute approximate surface area is 170 Å². The molecule has 1 aliphatic heterocycles. The molecule has 3 amide bonds. The summed E-state index contributed by atoms with van der Waals surface area (Å²) in [7, 11) is 0. The minimum atomic E-state index is -0.768. The van der Waals surface area contributed by atoms with Crippen LogP contribution in [0.15, 0.2) is 48.8 Å². The van der Waals surface area contributed by atoms with Gasteiger partial charge in [-0.05, 0) is 35.4 Å². The maximum absolute atomic E-state index is 12.6. The molecule has 2 aromatic heterocycles. The molecule has 150 valence electrons. The van der Waals surface area contributed by atoms with Crippen LogP contribution >= 0.6 is 0 Å². The summed E-state index contributed by atoms with van der Waals surface area (Å²) >= 11 is 0. The highest BCUT2D eigenvalue weighted by Crippen LogP contribution is 2.33. The lowest BCUT2D eigenvalue weighted by atomic mass is 10.0. The third-order valence-electron chi connectivity index (χ3n) is 5.00. The molecule has 2 aromatic carbocycles. The van der Waals surface area contributed by atoms with Crippen molar-refractivity contribution in [2.75, 3.05) is 4.90 Å². The number of fused-ring (bicyclic) bond motifs is 1. The highest BCUT2D eigenvalue weighted by atomic mass is 16.2. The fourth-order valence-electron chi connectivity index (χ4n) is 3.58. The molecular formula is C20H18N8O2. The number of aromatic amines is 1. The van der Waals surface area contributed by atoms with E-state index in [1.807, 2.05) is 25.1 Å². The predicted octanol–water partition coefficient (Wildman–Crippen LogP) is 2.42. The first-order valence-electron chi connectivity index (χ1n) is 9.59. The molecule has 2 N–H and O–H groups in total. The summed E-state index contributed by atoms with van der Waals surface area (Å²) < 4.78 is 0. The number of imidazole rings is 1. The molecule has 10 heteroatoms. The minimum Gasteiger partial charge on any atom is -0.345 e. The number of benzene rings is 2. The Balaban J connectivity index is 1.47. The van der Waals surface area contributed by atoms with Gasteiger partial charge in [-0.2, -0.15) is 4.80 Å². The van der Waals surface area contributed by atoms with Crippen LogP contribution in [0.2, 0.25) is 0 Å². The Morgan fingerprint density at radius 1 is 1.10 bits per heavy atom. The van der Waals surface area contributed by atoms with Gasteiger partial charge in [0.25, 0.3) is 5.91 Å². The zero-order valence-corrected chi connectivity index (χ0v) is 16.1. The number of urea groups is 1. The number of tetrazole rings is 1. The van der Waals surface area contributed by atoms with Crippen molar-refractivity contribution in [1.82, 2.24) is 35.5 Å². The molecule has 4 aromatic rings. The zero-order chi connectivity index (χ0) is 20.7. The molecule has 0 bridgehead atoms. The minimum absolute atomic E-state index is 0.371. The van der Waals surface area contributed by atoms with Gasteiger partial charge < -0.3 is 4.98 Å². The molecule has 5 rings (SSSR count). The van der Waals surface area contributed by atoms with E-state index in [0.29, 0.717) is 23.6 Å². The van der Waals surface area contributed by atoms with Gasteiger partial charge in [0.2, 0.25) is 5.82 Å². The first kappa shape index (κ1) is 18.0. The van der Waals surface area contributed by atoms with Crippen molar-refractivity contribution < 1.29 is 9.59 Å².